The lowest BCUT2D eigenvalue weighted by molar-refractivity contribution is 0.311. The zero-order valence-corrected chi connectivity index (χ0v) is 12.2. The van der Waals surface area contributed by atoms with Gasteiger partial charge in [0.1, 0.15) is 12.4 Å². The number of hydrogen-bond donors (Lipinski definition) is 1. The van der Waals surface area contributed by atoms with Gasteiger partial charge in [0, 0.05) is 6.54 Å². The molecule has 2 rings (SSSR count). The molecule has 0 aliphatic heterocycles. The molecule has 0 radical (unpaired) electrons. The number of nitrogens with zero attached hydrogens (tertiary/aromatic N) is 1. The van der Waals surface area contributed by atoms with Gasteiger partial charge in [0.2, 0.25) is 0 Å². The number of fused-ring (bicyclic) bond motifs is 1. The van der Waals surface area contributed by atoms with Crippen molar-refractivity contribution in [3.63, 3.8) is 0 Å². The third kappa shape index (κ3) is 4.84. The van der Waals surface area contributed by atoms with Gasteiger partial charge < -0.3 is 15.0 Å². The predicted octanol–water partition coefficient (Wildman–Crippen LogP) is 2.10. The lowest BCUT2D eigenvalue weighted by Crippen LogP contribution is -2.25. The zero-order chi connectivity index (χ0) is 13.5. The zero-order valence-electron chi connectivity index (χ0n) is 12.2. The van der Waals surface area contributed by atoms with Crippen molar-refractivity contribution in [2.45, 2.75) is 25.7 Å². The van der Waals surface area contributed by atoms with Gasteiger partial charge in [-0.05, 0) is 76.1 Å². The van der Waals surface area contributed by atoms with Crippen molar-refractivity contribution >= 4 is 0 Å². The van der Waals surface area contributed by atoms with Crippen molar-refractivity contribution in [2.75, 3.05) is 40.3 Å². The van der Waals surface area contributed by atoms with E-state index in [0.29, 0.717) is 0 Å². The second-order valence-corrected chi connectivity index (χ2v) is 5.54. The van der Waals surface area contributed by atoms with Crippen LogP contribution in [0.4, 0.5) is 0 Å². The van der Waals surface area contributed by atoms with Crippen LogP contribution in [0.1, 0.15) is 24.0 Å². The molecule has 0 bridgehead atoms. The van der Waals surface area contributed by atoms with Crippen molar-refractivity contribution in [1.82, 2.24) is 10.2 Å². The van der Waals surface area contributed by atoms with Crippen molar-refractivity contribution in [1.29, 1.82) is 0 Å². The summed E-state index contributed by atoms with van der Waals surface area (Å²) in [5, 5.41) is 3.41. The maximum absolute atomic E-state index is 5.79. The minimum absolute atomic E-state index is 0.751. The summed E-state index contributed by atoms with van der Waals surface area (Å²) in [7, 11) is 4.22. The highest BCUT2D eigenvalue weighted by molar-refractivity contribution is 5.38. The summed E-state index contributed by atoms with van der Waals surface area (Å²) < 4.78 is 5.79. The largest absolute Gasteiger partial charge is 0.492 e. The number of rotatable bonds is 8. The third-order valence-electron chi connectivity index (χ3n) is 3.58. The lowest BCUT2D eigenvalue weighted by Gasteiger charge is -2.11. The van der Waals surface area contributed by atoms with Crippen LogP contribution in [0.2, 0.25) is 0 Å². The molecule has 3 nitrogen and oxygen atoms in total. The van der Waals surface area contributed by atoms with Crippen molar-refractivity contribution in [3.8, 4) is 5.75 Å². The number of nitrogens with one attached hydrogen (secondary N) is 1. The van der Waals surface area contributed by atoms with Crippen LogP contribution in [-0.2, 0) is 12.8 Å². The van der Waals surface area contributed by atoms with Crippen LogP contribution in [0.3, 0.4) is 0 Å². The average molecular weight is 262 g/mol. The minimum atomic E-state index is 0.751. The highest BCUT2D eigenvalue weighted by Gasteiger charge is 2.10. The summed E-state index contributed by atoms with van der Waals surface area (Å²) in [6.07, 6.45) is 4.94. The number of aryl methyl sites for hydroxylation is 2. The minimum Gasteiger partial charge on any atom is -0.492 e. The number of hydrogen-bond acceptors (Lipinski definition) is 3. The Kier molecular flexibility index (Phi) is 5.67. The van der Waals surface area contributed by atoms with Crippen LogP contribution in [0.15, 0.2) is 18.2 Å². The normalized spacial score (nSPS) is 13.8. The Labute approximate surface area is 116 Å². The second-order valence-electron chi connectivity index (χ2n) is 5.54. The van der Waals surface area contributed by atoms with Gasteiger partial charge in [0.25, 0.3) is 0 Å². The van der Waals surface area contributed by atoms with E-state index in [1.807, 2.05) is 0 Å². The van der Waals surface area contributed by atoms with E-state index in [-0.39, 0.29) is 0 Å². The highest BCUT2D eigenvalue weighted by Crippen LogP contribution is 2.25. The summed E-state index contributed by atoms with van der Waals surface area (Å²) >= 11 is 0. The quantitative estimate of drug-likeness (QED) is 0.726. The van der Waals surface area contributed by atoms with E-state index in [4.69, 9.17) is 4.74 Å². The van der Waals surface area contributed by atoms with Crippen molar-refractivity contribution in [2.24, 2.45) is 0 Å². The molecule has 0 saturated carbocycles. The maximum atomic E-state index is 5.79. The van der Waals surface area contributed by atoms with Crippen LogP contribution in [0, 0.1) is 0 Å². The molecule has 0 unspecified atom stereocenters. The van der Waals surface area contributed by atoms with Gasteiger partial charge >= 0.3 is 0 Å². The van der Waals surface area contributed by atoms with E-state index >= 15 is 0 Å². The molecule has 1 aliphatic carbocycles. The van der Waals surface area contributed by atoms with E-state index in [0.717, 1.165) is 32.0 Å². The first kappa shape index (κ1) is 14.4. The third-order valence-corrected chi connectivity index (χ3v) is 3.58. The van der Waals surface area contributed by atoms with E-state index in [1.165, 1.54) is 36.8 Å². The Balaban J connectivity index is 1.58. The fourth-order valence-electron chi connectivity index (χ4n) is 2.52. The predicted molar refractivity (Wildman–Crippen MR) is 80.0 cm³/mol. The van der Waals surface area contributed by atoms with Gasteiger partial charge in [-0.25, -0.2) is 0 Å². The molecule has 1 aliphatic rings. The van der Waals surface area contributed by atoms with Crippen LogP contribution < -0.4 is 10.1 Å². The fraction of sp³-hybridized carbons (Fsp3) is 0.625. The van der Waals surface area contributed by atoms with Crippen molar-refractivity contribution < 1.29 is 4.74 Å². The highest BCUT2D eigenvalue weighted by atomic mass is 16.5. The van der Waals surface area contributed by atoms with Gasteiger partial charge in [0.15, 0.2) is 0 Å². The van der Waals surface area contributed by atoms with Crippen LogP contribution in [0.5, 0.6) is 5.75 Å². The first-order valence-corrected chi connectivity index (χ1v) is 7.36. The van der Waals surface area contributed by atoms with E-state index in [1.54, 1.807) is 0 Å². The number of benzene rings is 1. The lowest BCUT2D eigenvalue weighted by atomic mass is 10.1. The monoisotopic (exact) mass is 262 g/mol. The Morgan fingerprint density at radius 3 is 2.84 bits per heavy atom. The second kappa shape index (κ2) is 7.51. The molecule has 1 aromatic rings. The Morgan fingerprint density at radius 1 is 1.16 bits per heavy atom. The van der Waals surface area contributed by atoms with Crippen LogP contribution >= 0.6 is 0 Å². The molecule has 0 aromatic heterocycles. The molecule has 0 amide bonds. The first-order chi connectivity index (χ1) is 9.25. The molecule has 106 valence electrons. The molecule has 3 heteroatoms. The summed E-state index contributed by atoms with van der Waals surface area (Å²) in [5.74, 6) is 1.02. The number of ether oxygens (including phenoxy) is 1. The van der Waals surface area contributed by atoms with Crippen LogP contribution in [-0.4, -0.2) is 45.2 Å². The standard InChI is InChI=1S/C16H26N2O/c1-18(2)11-4-9-17-10-12-19-16-8-7-14-5-3-6-15(14)13-16/h7-8,13,17H,3-6,9-12H2,1-2H3. The average Bonchev–Trinajstić information content (AvgIpc) is 2.84. The van der Waals surface area contributed by atoms with Gasteiger partial charge in [0.05, 0.1) is 0 Å². The molecule has 1 N–H and O–H groups in total. The Bertz CT molecular complexity index is 390. The van der Waals surface area contributed by atoms with Gasteiger partial charge in [-0.2, -0.15) is 0 Å². The summed E-state index contributed by atoms with van der Waals surface area (Å²) in [5.41, 5.74) is 2.99. The topological polar surface area (TPSA) is 24.5 Å². The first-order valence-electron chi connectivity index (χ1n) is 7.36. The maximum Gasteiger partial charge on any atom is 0.119 e. The summed E-state index contributed by atoms with van der Waals surface area (Å²) in [4.78, 5) is 2.21. The molecule has 0 atom stereocenters. The molecular weight excluding hydrogens is 236 g/mol. The van der Waals surface area contributed by atoms with E-state index in [2.05, 4.69) is 42.5 Å². The smallest absolute Gasteiger partial charge is 0.119 e. The molecule has 1 aromatic carbocycles. The Hall–Kier alpha value is -1.06. The molecule has 0 saturated heterocycles. The van der Waals surface area contributed by atoms with Crippen molar-refractivity contribution in [3.05, 3.63) is 29.3 Å². The van der Waals surface area contributed by atoms with Gasteiger partial charge in [-0.15, -0.1) is 0 Å². The van der Waals surface area contributed by atoms with E-state index in [9.17, 15) is 0 Å². The molecular formula is C16H26N2O. The Morgan fingerprint density at radius 2 is 2.00 bits per heavy atom. The SMILES string of the molecule is CN(C)CCCNCCOc1ccc2c(c1)CCC2. The molecule has 19 heavy (non-hydrogen) atoms. The van der Waals surface area contributed by atoms with Gasteiger partial charge in [-0.3, -0.25) is 0 Å². The summed E-state index contributed by atoms with van der Waals surface area (Å²) in [6, 6.07) is 6.55. The molecule has 0 heterocycles. The molecule has 0 spiro atoms. The van der Waals surface area contributed by atoms with E-state index < -0.39 is 0 Å². The van der Waals surface area contributed by atoms with Gasteiger partial charge in [-0.1, -0.05) is 6.07 Å². The fourth-order valence-corrected chi connectivity index (χ4v) is 2.52. The molecule has 0 fully saturated rings. The van der Waals surface area contributed by atoms with Crippen LogP contribution in [0.25, 0.3) is 0 Å². The summed E-state index contributed by atoms with van der Waals surface area (Å²) in [6.45, 7) is 3.87.